The number of sulfone groups is 1. The predicted octanol–water partition coefficient (Wildman–Crippen LogP) is 2.31. The van der Waals surface area contributed by atoms with Gasteiger partial charge in [0.15, 0.2) is 21.3 Å². The van der Waals surface area contributed by atoms with Crippen LogP contribution in [0.1, 0.15) is 46.1 Å². The van der Waals surface area contributed by atoms with Crippen molar-refractivity contribution in [3.63, 3.8) is 0 Å². The van der Waals surface area contributed by atoms with Crippen molar-refractivity contribution in [1.82, 2.24) is 21.1 Å². The van der Waals surface area contributed by atoms with Crippen molar-refractivity contribution in [3.05, 3.63) is 54.1 Å². The van der Waals surface area contributed by atoms with Gasteiger partial charge in [-0.25, -0.2) is 13.4 Å². The first-order valence-electron chi connectivity index (χ1n) is 15.9. The number of fused-ring (bicyclic) bond motifs is 1. The number of nitrogens with zero attached hydrogens (tertiary/aromatic N) is 1. The van der Waals surface area contributed by atoms with Crippen LogP contribution in [-0.2, 0) is 30.6 Å². The van der Waals surface area contributed by atoms with Crippen LogP contribution in [0.15, 0.2) is 53.4 Å². The van der Waals surface area contributed by atoms with Crippen molar-refractivity contribution in [2.24, 2.45) is 11.8 Å². The first-order chi connectivity index (χ1) is 22.0. The lowest BCUT2D eigenvalue weighted by atomic mass is 9.98. The van der Waals surface area contributed by atoms with Crippen LogP contribution in [0.2, 0.25) is 0 Å². The van der Waals surface area contributed by atoms with Crippen molar-refractivity contribution in [1.29, 1.82) is 0 Å². The van der Waals surface area contributed by atoms with E-state index in [0.29, 0.717) is 37.9 Å². The molecule has 256 valence electrons. The molecule has 0 saturated heterocycles. The monoisotopic (exact) mass is 662 g/mol. The number of hydrazine groups is 1. The van der Waals surface area contributed by atoms with Crippen LogP contribution < -0.4 is 25.5 Å². The summed E-state index contributed by atoms with van der Waals surface area (Å²) in [6, 6.07) is 13.0. The number of hydrogen-bond donors (Lipinski definition) is 4. The molecule has 4 atom stereocenters. The van der Waals surface area contributed by atoms with Gasteiger partial charge >= 0.3 is 0 Å². The molecule has 12 nitrogen and oxygen atoms in total. The summed E-state index contributed by atoms with van der Waals surface area (Å²) in [6.45, 7) is 8.82. The molecule has 0 fully saturated rings. The summed E-state index contributed by atoms with van der Waals surface area (Å²) in [7, 11) is -2.37. The number of nitrogens with one attached hydrogen (secondary N) is 3. The number of hydrogen-bond acceptors (Lipinski definition) is 10. The minimum absolute atomic E-state index is 0.0424. The highest BCUT2D eigenvalue weighted by Crippen LogP contribution is 2.34. The summed E-state index contributed by atoms with van der Waals surface area (Å²) in [6.07, 6.45) is -0.117. The van der Waals surface area contributed by atoms with Crippen LogP contribution in [-0.4, -0.2) is 94.4 Å². The van der Waals surface area contributed by atoms with E-state index in [4.69, 9.17) is 14.2 Å². The van der Waals surface area contributed by atoms with Crippen LogP contribution in [0, 0.1) is 11.8 Å². The molecule has 2 aromatic rings. The van der Waals surface area contributed by atoms with Gasteiger partial charge < -0.3 is 24.6 Å². The van der Waals surface area contributed by atoms with Gasteiger partial charge in [0.2, 0.25) is 5.91 Å². The van der Waals surface area contributed by atoms with E-state index in [0.717, 1.165) is 12.0 Å². The average molecular weight is 663 g/mol. The molecule has 13 heteroatoms. The molecule has 0 aliphatic carbocycles. The second kappa shape index (κ2) is 18.2. The third-order valence-electron chi connectivity index (χ3n) is 7.88. The number of carbonyl (C=O) groups excluding carboxylic acids is 2. The maximum absolute atomic E-state index is 13.8. The highest BCUT2D eigenvalue weighted by Gasteiger charge is 2.36. The van der Waals surface area contributed by atoms with Crippen LogP contribution in [0.25, 0.3) is 0 Å². The quantitative estimate of drug-likeness (QED) is 0.138. The topological polar surface area (TPSA) is 156 Å². The molecule has 1 heterocycles. The highest BCUT2D eigenvalue weighted by atomic mass is 32.2. The van der Waals surface area contributed by atoms with E-state index in [2.05, 4.69) is 16.1 Å². The lowest BCUT2D eigenvalue weighted by Crippen LogP contribution is -2.60. The number of amides is 2. The molecular weight excluding hydrogens is 612 g/mol. The molecule has 46 heavy (non-hydrogen) atoms. The Kier molecular flexibility index (Phi) is 14.7. The summed E-state index contributed by atoms with van der Waals surface area (Å²) < 4.78 is 43.9. The Morgan fingerprint density at radius 1 is 1.04 bits per heavy atom. The standard InChI is InChI=1S/C33H50N4O8S/c1-6-24(4)18-32(40)37(36-31(39)22-34-14-15-43-5)27(19-25-10-8-7-9-11-25)28(38)21-35-33(23(2)3)46(41,42)26-12-13-29-30(20-26)45-17-16-44-29/h7-13,20,23-24,27-28,33-35,38H,6,14-19,21-22H2,1-5H3,(H,36,39)/t24-,27-,28+,33?/m0/s1. The van der Waals surface area contributed by atoms with Crippen molar-refractivity contribution in [2.45, 2.75) is 69.4 Å². The molecule has 3 rings (SSSR count). The minimum atomic E-state index is -3.93. The summed E-state index contributed by atoms with van der Waals surface area (Å²) in [4.78, 5) is 26.8. The fraction of sp³-hybridized carbons (Fsp3) is 0.576. The van der Waals surface area contributed by atoms with Gasteiger partial charge in [0.25, 0.3) is 5.91 Å². The Bertz CT molecular complexity index is 1360. The van der Waals surface area contributed by atoms with Crippen LogP contribution in [0.4, 0.5) is 0 Å². The van der Waals surface area contributed by atoms with Gasteiger partial charge in [-0.15, -0.1) is 0 Å². The number of methoxy groups -OCH3 is 1. The molecule has 0 spiro atoms. The highest BCUT2D eigenvalue weighted by molar-refractivity contribution is 7.92. The number of ether oxygens (including phenoxy) is 3. The molecule has 0 bridgehead atoms. The molecule has 1 unspecified atom stereocenters. The number of rotatable bonds is 18. The lowest BCUT2D eigenvalue weighted by Gasteiger charge is -2.36. The average Bonchev–Trinajstić information content (AvgIpc) is 3.04. The summed E-state index contributed by atoms with van der Waals surface area (Å²) >= 11 is 0. The second-order valence-electron chi connectivity index (χ2n) is 11.9. The van der Waals surface area contributed by atoms with Gasteiger partial charge in [0.05, 0.1) is 30.2 Å². The Morgan fingerprint density at radius 3 is 2.39 bits per heavy atom. The third-order valence-corrected chi connectivity index (χ3v) is 10.2. The zero-order valence-corrected chi connectivity index (χ0v) is 28.3. The summed E-state index contributed by atoms with van der Waals surface area (Å²) in [5, 5.41) is 17.9. The van der Waals surface area contributed by atoms with Crippen molar-refractivity contribution < 1.29 is 37.3 Å². The molecule has 0 aromatic heterocycles. The maximum atomic E-state index is 13.8. The van der Waals surface area contributed by atoms with E-state index in [9.17, 15) is 23.1 Å². The molecule has 1 aliphatic heterocycles. The van der Waals surface area contributed by atoms with E-state index < -0.39 is 33.3 Å². The van der Waals surface area contributed by atoms with Crippen molar-refractivity contribution in [2.75, 3.05) is 46.6 Å². The molecular formula is C33H50N4O8S. The number of aliphatic hydroxyl groups is 1. The Labute approximate surface area is 273 Å². The third kappa shape index (κ3) is 10.7. The van der Waals surface area contributed by atoms with Gasteiger partial charge in [-0.05, 0) is 36.0 Å². The lowest BCUT2D eigenvalue weighted by molar-refractivity contribution is -0.148. The Hall–Kier alpha value is -3.23. The summed E-state index contributed by atoms with van der Waals surface area (Å²) in [5.41, 5.74) is 3.57. The maximum Gasteiger partial charge on any atom is 0.252 e. The van der Waals surface area contributed by atoms with Crippen LogP contribution >= 0.6 is 0 Å². The first kappa shape index (κ1) is 37.2. The largest absolute Gasteiger partial charge is 0.486 e. The molecule has 2 amide bonds. The SMILES string of the molecule is CC[C@H](C)CC(=O)N(NC(=O)CNCCOC)[C@@H](Cc1ccccc1)[C@H](O)CNC(C(C)C)S(=O)(=O)c1ccc2c(c1)OCCO2. The molecule has 2 aromatic carbocycles. The van der Waals surface area contributed by atoms with Crippen molar-refractivity contribution in [3.8, 4) is 11.5 Å². The zero-order chi connectivity index (χ0) is 33.7. The normalized spacial score (nSPS) is 15.5. The summed E-state index contributed by atoms with van der Waals surface area (Å²) in [5.74, 6) is -0.283. The first-order valence-corrected chi connectivity index (χ1v) is 17.4. The predicted molar refractivity (Wildman–Crippen MR) is 175 cm³/mol. The number of carbonyl (C=O) groups is 2. The second-order valence-corrected chi connectivity index (χ2v) is 14.0. The van der Waals surface area contributed by atoms with Crippen LogP contribution in [0.3, 0.4) is 0 Å². The van der Waals surface area contributed by atoms with E-state index in [1.165, 1.54) is 17.1 Å². The smallest absolute Gasteiger partial charge is 0.252 e. The van der Waals surface area contributed by atoms with E-state index in [-0.39, 0.29) is 48.6 Å². The van der Waals surface area contributed by atoms with Crippen LogP contribution in [0.5, 0.6) is 11.5 Å². The molecule has 4 N–H and O–H groups in total. The Balaban J connectivity index is 1.88. The number of benzene rings is 2. The van der Waals surface area contributed by atoms with Crippen molar-refractivity contribution >= 4 is 21.7 Å². The van der Waals surface area contributed by atoms with Gasteiger partial charge in [0, 0.05) is 32.7 Å². The van der Waals surface area contributed by atoms with Gasteiger partial charge in [0.1, 0.15) is 18.6 Å². The van der Waals surface area contributed by atoms with E-state index in [1.807, 2.05) is 44.2 Å². The van der Waals surface area contributed by atoms with Gasteiger partial charge in [-0.1, -0.05) is 64.4 Å². The molecule has 0 saturated carbocycles. The minimum Gasteiger partial charge on any atom is -0.486 e. The fourth-order valence-electron chi connectivity index (χ4n) is 5.10. The fourth-order valence-corrected chi connectivity index (χ4v) is 6.95. The molecule has 0 radical (unpaired) electrons. The number of aliphatic hydroxyl groups excluding tert-OH is 1. The van der Waals surface area contributed by atoms with E-state index in [1.54, 1.807) is 27.0 Å². The Morgan fingerprint density at radius 2 is 1.74 bits per heavy atom. The van der Waals surface area contributed by atoms with Gasteiger partial charge in [-0.3, -0.25) is 20.3 Å². The molecule has 1 aliphatic rings. The van der Waals surface area contributed by atoms with E-state index >= 15 is 0 Å². The zero-order valence-electron chi connectivity index (χ0n) is 27.5. The van der Waals surface area contributed by atoms with Gasteiger partial charge in [-0.2, -0.15) is 0 Å².